The fraction of sp³-hybridized carbons (Fsp3) is 0.188. The number of amidine groups is 1. The first-order chi connectivity index (χ1) is 12.8. The fourth-order valence-electron chi connectivity index (χ4n) is 2.42. The number of anilines is 3. The molecule has 1 heterocycles. The number of nitrogens with zero attached hydrogens (tertiary/aromatic N) is 3. The zero-order valence-corrected chi connectivity index (χ0v) is 15.8. The number of hydrogen-bond acceptors (Lipinski definition) is 8. The molecule has 0 atom stereocenters. The summed E-state index contributed by atoms with van der Waals surface area (Å²) >= 11 is 6.00. The van der Waals surface area contributed by atoms with Gasteiger partial charge in [0.1, 0.15) is 16.5 Å². The molecule has 0 saturated carbocycles. The van der Waals surface area contributed by atoms with Gasteiger partial charge in [-0.3, -0.25) is 4.79 Å². The van der Waals surface area contributed by atoms with Crippen LogP contribution in [0.15, 0.2) is 29.4 Å². The third kappa shape index (κ3) is 4.49. The maximum atomic E-state index is 12.2. The molecule has 0 aliphatic rings. The number of halogens is 1. The van der Waals surface area contributed by atoms with Gasteiger partial charge in [0.25, 0.3) is 5.91 Å². The molecular weight excluding hydrogens is 372 g/mol. The van der Waals surface area contributed by atoms with Crippen LogP contribution in [-0.4, -0.2) is 43.0 Å². The van der Waals surface area contributed by atoms with Gasteiger partial charge in [-0.05, 0) is 18.2 Å². The molecule has 0 aliphatic carbocycles. The number of hydrazone groups is 1. The zero-order chi connectivity index (χ0) is 20.1. The monoisotopic (exact) mass is 392 g/mol. The maximum absolute atomic E-state index is 12.2. The Labute approximate surface area is 161 Å². The van der Waals surface area contributed by atoms with E-state index in [9.17, 15) is 4.79 Å². The minimum Gasteiger partial charge on any atom is -0.494 e. The Morgan fingerprint density at radius 2 is 2.07 bits per heavy atom. The Balaban J connectivity index is 2.58. The largest absolute Gasteiger partial charge is 0.494 e. The molecule has 1 aromatic heterocycles. The van der Waals surface area contributed by atoms with E-state index in [2.05, 4.69) is 20.7 Å². The summed E-state index contributed by atoms with van der Waals surface area (Å²) in [6.45, 7) is 0. The number of nitrogens with two attached hydrogens (primary N) is 3. The number of carbonyl (C=O) groups is 1. The van der Waals surface area contributed by atoms with Crippen LogP contribution in [0.25, 0.3) is 0 Å². The Hall–Kier alpha value is -3.24. The van der Waals surface area contributed by atoms with Crippen LogP contribution in [0.4, 0.5) is 17.2 Å². The number of nitrogen functional groups attached to an aromatic ring is 1. The molecule has 0 fully saturated rings. The van der Waals surface area contributed by atoms with Crippen molar-refractivity contribution in [3.8, 4) is 5.75 Å². The van der Waals surface area contributed by atoms with E-state index in [4.69, 9.17) is 33.6 Å². The van der Waals surface area contributed by atoms with E-state index in [1.165, 1.54) is 20.2 Å². The van der Waals surface area contributed by atoms with Gasteiger partial charge in [0.05, 0.1) is 24.0 Å². The quantitative estimate of drug-likeness (QED) is 0.159. The summed E-state index contributed by atoms with van der Waals surface area (Å²) in [5, 5.41) is 10.8. The van der Waals surface area contributed by atoms with E-state index >= 15 is 0 Å². The summed E-state index contributed by atoms with van der Waals surface area (Å²) in [5.74, 6) is 5.64. The Morgan fingerprint density at radius 3 is 2.67 bits per heavy atom. The number of rotatable bonds is 6. The van der Waals surface area contributed by atoms with E-state index in [0.29, 0.717) is 22.7 Å². The first kappa shape index (κ1) is 20.1. The van der Waals surface area contributed by atoms with Crippen molar-refractivity contribution in [1.82, 2.24) is 15.4 Å². The van der Waals surface area contributed by atoms with Crippen molar-refractivity contribution < 1.29 is 9.53 Å². The van der Waals surface area contributed by atoms with Gasteiger partial charge in [-0.25, -0.2) is 15.9 Å². The number of hydrazine groups is 1. The lowest BCUT2D eigenvalue weighted by atomic mass is 10.1. The van der Waals surface area contributed by atoms with Crippen molar-refractivity contribution in [2.75, 3.05) is 32.3 Å². The number of pyridine rings is 1. The number of ether oxygens (including phenoxy) is 1. The molecule has 8 N–H and O–H groups in total. The summed E-state index contributed by atoms with van der Waals surface area (Å²) in [6.07, 6.45) is 0. The van der Waals surface area contributed by atoms with Crippen LogP contribution >= 0.6 is 11.6 Å². The lowest BCUT2D eigenvalue weighted by molar-refractivity contribution is 0.0964. The molecule has 27 heavy (non-hydrogen) atoms. The molecule has 144 valence electrons. The van der Waals surface area contributed by atoms with Gasteiger partial charge in [-0.15, -0.1) is 5.10 Å². The second-order valence-corrected chi connectivity index (χ2v) is 5.79. The summed E-state index contributed by atoms with van der Waals surface area (Å²) in [4.78, 5) is 16.1. The number of para-hydroxylation sites is 1. The van der Waals surface area contributed by atoms with Crippen LogP contribution in [0, 0.1) is 0 Å². The van der Waals surface area contributed by atoms with Crippen LogP contribution < -0.4 is 32.7 Å². The number of benzene rings is 1. The normalized spacial score (nSPS) is 11.1. The minimum absolute atomic E-state index is 0.00898. The molecule has 0 spiro atoms. The standard InChI is InChI=1S/C16H21ClN8O2/c1-21-16(26)12-10(7-11(17)23-15(12)19)22-9-6-4-5-8(13(9)27-3)14(18)24-25(2)20/h4-7H,20H2,1-3H3,(H2,18,24)(H,21,26)(H3,19,22,23). The Kier molecular flexibility index (Phi) is 6.27. The molecule has 0 radical (unpaired) electrons. The number of carbonyl (C=O) groups excluding carboxylic acids is 1. The molecular formula is C16H21ClN8O2. The van der Waals surface area contributed by atoms with Crippen LogP contribution in [-0.2, 0) is 0 Å². The number of amides is 1. The van der Waals surface area contributed by atoms with Crippen molar-refractivity contribution in [2.45, 2.75) is 0 Å². The molecule has 0 aliphatic heterocycles. The molecule has 10 nitrogen and oxygen atoms in total. The second kappa shape index (κ2) is 8.43. The lowest BCUT2D eigenvalue weighted by Gasteiger charge is -2.18. The van der Waals surface area contributed by atoms with Crippen LogP contribution in [0.5, 0.6) is 5.75 Å². The molecule has 2 rings (SSSR count). The molecule has 11 heteroatoms. The summed E-state index contributed by atoms with van der Waals surface area (Å²) < 4.78 is 5.48. The highest BCUT2D eigenvalue weighted by Gasteiger charge is 2.19. The Bertz CT molecular complexity index is 885. The van der Waals surface area contributed by atoms with Crippen molar-refractivity contribution in [3.05, 3.63) is 40.5 Å². The average Bonchev–Trinajstić information content (AvgIpc) is 2.59. The summed E-state index contributed by atoms with van der Waals surface area (Å²) in [7, 11) is 4.51. The van der Waals surface area contributed by atoms with Crippen molar-refractivity contribution in [3.63, 3.8) is 0 Å². The van der Waals surface area contributed by atoms with Gasteiger partial charge in [-0.1, -0.05) is 17.7 Å². The van der Waals surface area contributed by atoms with Crippen molar-refractivity contribution in [2.24, 2.45) is 16.7 Å². The van der Waals surface area contributed by atoms with Crippen molar-refractivity contribution >= 4 is 40.5 Å². The number of nitrogens with one attached hydrogen (secondary N) is 2. The zero-order valence-electron chi connectivity index (χ0n) is 15.1. The van der Waals surface area contributed by atoms with E-state index in [1.54, 1.807) is 25.2 Å². The number of aromatic nitrogens is 1. The Morgan fingerprint density at radius 1 is 1.37 bits per heavy atom. The highest BCUT2D eigenvalue weighted by atomic mass is 35.5. The minimum atomic E-state index is -0.417. The molecule has 1 amide bonds. The van der Waals surface area contributed by atoms with Crippen LogP contribution in [0.2, 0.25) is 5.15 Å². The molecule has 0 unspecified atom stereocenters. The lowest BCUT2D eigenvalue weighted by Crippen LogP contribution is -2.26. The summed E-state index contributed by atoms with van der Waals surface area (Å²) in [5.41, 5.74) is 13.4. The molecule has 1 aromatic carbocycles. The topological polar surface area (TPSA) is 157 Å². The molecule has 0 bridgehead atoms. The predicted octanol–water partition coefficient (Wildman–Crippen LogP) is 0.855. The molecule has 2 aromatic rings. The van der Waals surface area contributed by atoms with Gasteiger partial charge in [-0.2, -0.15) is 0 Å². The number of methoxy groups -OCH3 is 1. The van der Waals surface area contributed by atoms with E-state index in [1.807, 2.05) is 0 Å². The van der Waals surface area contributed by atoms with E-state index < -0.39 is 5.91 Å². The number of hydrogen-bond donors (Lipinski definition) is 5. The smallest absolute Gasteiger partial charge is 0.256 e. The first-order valence-corrected chi connectivity index (χ1v) is 8.11. The van der Waals surface area contributed by atoms with Crippen molar-refractivity contribution in [1.29, 1.82) is 0 Å². The molecule has 0 saturated heterocycles. The maximum Gasteiger partial charge on any atom is 0.256 e. The van der Waals surface area contributed by atoms with Gasteiger partial charge in [0.2, 0.25) is 0 Å². The SMILES string of the molecule is CNC(=O)c1c(Nc2cccc(/C(N)=N/N(C)N)c2OC)cc(Cl)nc1N. The average molecular weight is 393 g/mol. The van der Waals surface area contributed by atoms with Crippen LogP contribution in [0.3, 0.4) is 0 Å². The predicted molar refractivity (Wildman–Crippen MR) is 106 cm³/mol. The second-order valence-electron chi connectivity index (χ2n) is 5.40. The third-order valence-electron chi connectivity index (χ3n) is 3.50. The van der Waals surface area contributed by atoms with Gasteiger partial charge in [0.15, 0.2) is 11.6 Å². The van der Waals surface area contributed by atoms with Gasteiger partial charge >= 0.3 is 0 Å². The van der Waals surface area contributed by atoms with Gasteiger partial charge in [0, 0.05) is 14.1 Å². The summed E-state index contributed by atoms with van der Waals surface area (Å²) in [6, 6.07) is 6.68. The third-order valence-corrected chi connectivity index (χ3v) is 3.69. The van der Waals surface area contributed by atoms with E-state index in [0.717, 1.165) is 5.12 Å². The van der Waals surface area contributed by atoms with E-state index in [-0.39, 0.29) is 22.4 Å². The first-order valence-electron chi connectivity index (χ1n) is 7.73. The van der Waals surface area contributed by atoms with Gasteiger partial charge < -0.3 is 26.8 Å². The fourth-order valence-corrected chi connectivity index (χ4v) is 2.62. The van der Waals surface area contributed by atoms with Crippen LogP contribution in [0.1, 0.15) is 15.9 Å². The highest BCUT2D eigenvalue weighted by Crippen LogP contribution is 2.34. The highest BCUT2D eigenvalue weighted by molar-refractivity contribution is 6.30.